The second kappa shape index (κ2) is 8.81. The van der Waals surface area contributed by atoms with E-state index in [-0.39, 0.29) is 13.0 Å². The third kappa shape index (κ3) is 4.74. The van der Waals surface area contributed by atoms with Crippen molar-refractivity contribution in [1.29, 1.82) is 0 Å². The lowest BCUT2D eigenvalue weighted by Crippen LogP contribution is -2.24. The standard InChI is InChI=1S/C23H19F3N4O3.H2/c1-32-17-7-3-14(4-8-17)19-11-15-12-27-22(28-13-23(24,25)26)29-20(15)30(21(19)31)16-5-9-18(33-2)10-6-16;/h3-12H,13H2,1-2H3,(H,27,28,29);1H. The summed E-state index contributed by atoms with van der Waals surface area (Å²) >= 11 is 0. The summed E-state index contributed by atoms with van der Waals surface area (Å²) in [6.07, 6.45) is -3.06. The number of anilines is 1. The van der Waals surface area contributed by atoms with Gasteiger partial charge in [0, 0.05) is 18.6 Å². The van der Waals surface area contributed by atoms with Crippen LogP contribution >= 0.6 is 0 Å². The van der Waals surface area contributed by atoms with E-state index in [1.807, 2.05) is 0 Å². The van der Waals surface area contributed by atoms with Crippen LogP contribution in [0.2, 0.25) is 0 Å². The Morgan fingerprint density at radius 2 is 1.61 bits per heavy atom. The van der Waals surface area contributed by atoms with Crippen molar-refractivity contribution < 1.29 is 24.1 Å². The SMILES string of the molecule is COc1ccc(-c2cc3cnc(NCC(F)(F)F)nc3n(-c3ccc(OC)cc3)c2=O)cc1.[HH]. The number of hydrogen-bond donors (Lipinski definition) is 1. The molecule has 0 saturated heterocycles. The van der Waals surface area contributed by atoms with Gasteiger partial charge in [-0.15, -0.1) is 0 Å². The van der Waals surface area contributed by atoms with Crippen LogP contribution in [0.4, 0.5) is 19.1 Å². The van der Waals surface area contributed by atoms with E-state index in [1.165, 1.54) is 17.9 Å². The molecule has 2 aromatic carbocycles. The predicted octanol–water partition coefficient (Wildman–Crippen LogP) is 4.69. The highest BCUT2D eigenvalue weighted by Crippen LogP contribution is 2.25. The van der Waals surface area contributed by atoms with Crippen LogP contribution in [0.5, 0.6) is 11.5 Å². The molecule has 0 aliphatic heterocycles. The third-order valence-electron chi connectivity index (χ3n) is 4.92. The summed E-state index contributed by atoms with van der Waals surface area (Å²) in [4.78, 5) is 21.8. The van der Waals surface area contributed by atoms with Gasteiger partial charge in [-0.2, -0.15) is 18.2 Å². The monoisotopic (exact) mass is 458 g/mol. The van der Waals surface area contributed by atoms with E-state index in [0.717, 1.165) is 0 Å². The van der Waals surface area contributed by atoms with Gasteiger partial charge >= 0.3 is 6.18 Å². The molecule has 0 radical (unpaired) electrons. The minimum atomic E-state index is -4.44. The van der Waals surface area contributed by atoms with Crippen molar-refractivity contribution in [3.63, 3.8) is 0 Å². The van der Waals surface area contributed by atoms with Crippen LogP contribution in [0, 0.1) is 0 Å². The number of hydrogen-bond acceptors (Lipinski definition) is 6. The molecular formula is C23H21F3N4O3. The molecule has 33 heavy (non-hydrogen) atoms. The fourth-order valence-electron chi connectivity index (χ4n) is 3.31. The van der Waals surface area contributed by atoms with Gasteiger partial charge in [0.15, 0.2) is 5.65 Å². The molecule has 2 heterocycles. The molecule has 4 rings (SSSR count). The highest BCUT2D eigenvalue weighted by Gasteiger charge is 2.27. The van der Waals surface area contributed by atoms with Crippen LogP contribution < -0.4 is 20.3 Å². The van der Waals surface area contributed by atoms with Gasteiger partial charge in [-0.3, -0.25) is 9.36 Å². The maximum Gasteiger partial charge on any atom is 0.405 e. The van der Waals surface area contributed by atoms with Gasteiger partial charge in [0.05, 0.1) is 19.9 Å². The number of nitrogens with one attached hydrogen (secondary N) is 1. The Hall–Kier alpha value is -4.08. The molecule has 2 aromatic heterocycles. The summed E-state index contributed by atoms with van der Waals surface area (Å²) in [6.45, 7) is -1.30. The van der Waals surface area contributed by atoms with Gasteiger partial charge in [-0.05, 0) is 48.0 Å². The topological polar surface area (TPSA) is 78.3 Å². The first-order chi connectivity index (χ1) is 15.8. The number of rotatable bonds is 6. The van der Waals surface area contributed by atoms with Gasteiger partial charge in [0.25, 0.3) is 5.56 Å². The van der Waals surface area contributed by atoms with E-state index >= 15 is 0 Å². The summed E-state index contributed by atoms with van der Waals surface area (Å²) in [6, 6.07) is 15.3. The fourth-order valence-corrected chi connectivity index (χ4v) is 3.31. The zero-order valence-corrected chi connectivity index (χ0v) is 17.7. The summed E-state index contributed by atoms with van der Waals surface area (Å²) in [5.74, 6) is 0.988. The van der Waals surface area contributed by atoms with Gasteiger partial charge in [-0.25, -0.2) is 4.98 Å². The Kier molecular flexibility index (Phi) is 5.91. The van der Waals surface area contributed by atoms with Crippen molar-refractivity contribution in [2.75, 3.05) is 26.1 Å². The lowest BCUT2D eigenvalue weighted by Gasteiger charge is -2.14. The molecule has 172 valence electrons. The quantitative estimate of drug-likeness (QED) is 0.452. The number of halogens is 3. The Bertz CT molecular complexity index is 1340. The van der Waals surface area contributed by atoms with Crippen molar-refractivity contribution in [1.82, 2.24) is 14.5 Å². The van der Waals surface area contributed by atoms with Crippen LogP contribution in [0.1, 0.15) is 1.43 Å². The maximum absolute atomic E-state index is 13.6. The van der Waals surface area contributed by atoms with E-state index < -0.39 is 18.3 Å². The minimum absolute atomic E-state index is 0. The van der Waals surface area contributed by atoms with E-state index in [1.54, 1.807) is 61.7 Å². The van der Waals surface area contributed by atoms with E-state index in [2.05, 4.69) is 15.3 Å². The molecule has 0 unspecified atom stereocenters. The molecule has 0 fully saturated rings. The zero-order valence-electron chi connectivity index (χ0n) is 17.7. The summed E-state index contributed by atoms with van der Waals surface area (Å²) in [5, 5.41) is 2.64. The van der Waals surface area contributed by atoms with Crippen LogP contribution in [-0.4, -0.2) is 41.5 Å². The largest absolute Gasteiger partial charge is 0.497 e. The number of alkyl halides is 3. The first-order valence-electron chi connectivity index (χ1n) is 9.81. The van der Waals surface area contributed by atoms with Gasteiger partial charge in [-0.1, -0.05) is 12.1 Å². The Morgan fingerprint density at radius 1 is 1.00 bits per heavy atom. The summed E-state index contributed by atoms with van der Waals surface area (Å²) in [5.41, 5.74) is 1.27. The molecule has 7 nitrogen and oxygen atoms in total. The van der Waals surface area contributed by atoms with Crippen LogP contribution in [0.15, 0.2) is 65.6 Å². The summed E-state index contributed by atoms with van der Waals surface area (Å²) in [7, 11) is 3.07. The average Bonchev–Trinajstić information content (AvgIpc) is 2.82. The Balaban J connectivity index is 0.00000324. The Morgan fingerprint density at radius 3 is 2.18 bits per heavy atom. The third-order valence-corrected chi connectivity index (χ3v) is 4.92. The highest BCUT2D eigenvalue weighted by atomic mass is 19.4. The molecule has 0 aliphatic carbocycles. The van der Waals surface area contributed by atoms with Crippen molar-refractivity contribution in [3.8, 4) is 28.3 Å². The molecule has 4 aromatic rings. The first kappa shape index (κ1) is 22.1. The molecular weight excluding hydrogens is 437 g/mol. The predicted molar refractivity (Wildman–Crippen MR) is 120 cm³/mol. The van der Waals surface area contributed by atoms with Crippen LogP contribution in [-0.2, 0) is 0 Å². The second-order valence-electron chi connectivity index (χ2n) is 7.07. The van der Waals surface area contributed by atoms with E-state index in [4.69, 9.17) is 9.47 Å². The normalized spacial score (nSPS) is 11.4. The van der Waals surface area contributed by atoms with Crippen molar-refractivity contribution in [3.05, 3.63) is 71.1 Å². The number of benzene rings is 2. The molecule has 0 saturated carbocycles. The minimum Gasteiger partial charge on any atom is -0.497 e. The van der Waals surface area contributed by atoms with Gasteiger partial charge in [0.1, 0.15) is 18.0 Å². The molecule has 0 atom stereocenters. The number of methoxy groups -OCH3 is 2. The van der Waals surface area contributed by atoms with Gasteiger partial charge < -0.3 is 14.8 Å². The van der Waals surface area contributed by atoms with Crippen molar-refractivity contribution >= 4 is 17.0 Å². The Labute approximate surface area is 187 Å². The molecule has 0 aliphatic rings. The maximum atomic E-state index is 13.6. The van der Waals surface area contributed by atoms with Crippen molar-refractivity contribution in [2.24, 2.45) is 0 Å². The fraction of sp³-hybridized carbons (Fsp3) is 0.174. The molecule has 0 spiro atoms. The molecule has 0 bridgehead atoms. The molecule has 10 heteroatoms. The lowest BCUT2D eigenvalue weighted by molar-refractivity contribution is -0.115. The number of ether oxygens (including phenoxy) is 2. The number of aromatic nitrogens is 3. The number of fused-ring (bicyclic) bond motifs is 1. The number of nitrogens with zero attached hydrogens (tertiary/aromatic N) is 3. The smallest absolute Gasteiger partial charge is 0.405 e. The van der Waals surface area contributed by atoms with E-state index in [0.29, 0.717) is 33.7 Å². The van der Waals surface area contributed by atoms with Crippen molar-refractivity contribution in [2.45, 2.75) is 6.18 Å². The average molecular weight is 458 g/mol. The number of pyridine rings is 1. The second-order valence-corrected chi connectivity index (χ2v) is 7.07. The van der Waals surface area contributed by atoms with Gasteiger partial charge in [0.2, 0.25) is 5.95 Å². The molecule has 1 N–H and O–H groups in total. The molecule has 0 amide bonds. The first-order valence-corrected chi connectivity index (χ1v) is 9.81. The van der Waals surface area contributed by atoms with E-state index in [9.17, 15) is 18.0 Å². The summed E-state index contributed by atoms with van der Waals surface area (Å²) < 4.78 is 49.6. The highest BCUT2D eigenvalue weighted by molar-refractivity contribution is 5.83. The lowest BCUT2D eigenvalue weighted by atomic mass is 10.1. The van der Waals surface area contributed by atoms with Crippen LogP contribution in [0.25, 0.3) is 27.8 Å². The van der Waals surface area contributed by atoms with Crippen LogP contribution in [0.3, 0.4) is 0 Å². The zero-order chi connectivity index (χ0) is 23.6.